The number of esters is 1. The number of halogens is 2. The molecular formula is C12H14Br2N2O4S. The first kappa shape index (κ1) is 16.7. The van der Waals surface area contributed by atoms with E-state index >= 15 is 0 Å². The molecule has 0 saturated carbocycles. The molecule has 1 aliphatic rings. The summed E-state index contributed by atoms with van der Waals surface area (Å²) in [6, 6.07) is 2.25. The van der Waals surface area contributed by atoms with Gasteiger partial charge in [-0.1, -0.05) is 0 Å². The number of rotatable bonds is 3. The maximum Gasteiger partial charge on any atom is 0.324 e. The summed E-state index contributed by atoms with van der Waals surface area (Å²) in [7, 11) is -2.59. The van der Waals surface area contributed by atoms with Crippen LogP contribution in [-0.2, 0) is 19.6 Å². The minimum Gasteiger partial charge on any atom is -0.468 e. The van der Waals surface area contributed by atoms with Gasteiger partial charge in [0, 0.05) is 21.2 Å². The quantitative estimate of drug-likeness (QED) is 0.573. The van der Waals surface area contributed by atoms with Crippen molar-refractivity contribution in [2.24, 2.45) is 0 Å². The highest BCUT2D eigenvalue weighted by atomic mass is 79.9. The van der Waals surface area contributed by atoms with Gasteiger partial charge in [0.25, 0.3) is 0 Å². The third-order valence-electron chi connectivity index (χ3n) is 3.26. The third kappa shape index (κ3) is 3.10. The van der Waals surface area contributed by atoms with E-state index in [0.29, 0.717) is 27.5 Å². The molecule has 1 aromatic carbocycles. The van der Waals surface area contributed by atoms with Crippen molar-refractivity contribution in [1.29, 1.82) is 0 Å². The smallest absolute Gasteiger partial charge is 0.324 e. The fourth-order valence-electron chi connectivity index (χ4n) is 2.34. The number of hydrogen-bond acceptors (Lipinski definition) is 5. The predicted octanol–water partition coefficient (Wildman–Crippen LogP) is 2.12. The lowest BCUT2D eigenvalue weighted by Gasteiger charge is -2.23. The van der Waals surface area contributed by atoms with Crippen molar-refractivity contribution in [1.82, 2.24) is 4.31 Å². The van der Waals surface area contributed by atoms with E-state index < -0.39 is 22.0 Å². The van der Waals surface area contributed by atoms with Crippen LogP contribution in [-0.4, -0.2) is 38.4 Å². The number of nitrogen functional groups attached to an aromatic ring is 1. The van der Waals surface area contributed by atoms with E-state index in [1.165, 1.54) is 23.5 Å². The Balaban J connectivity index is 2.50. The number of sulfonamides is 1. The van der Waals surface area contributed by atoms with Crippen LogP contribution in [0.4, 0.5) is 5.69 Å². The molecule has 1 saturated heterocycles. The highest BCUT2D eigenvalue weighted by Gasteiger charge is 2.41. The van der Waals surface area contributed by atoms with Gasteiger partial charge in [-0.3, -0.25) is 4.79 Å². The largest absolute Gasteiger partial charge is 0.468 e. The molecule has 9 heteroatoms. The van der Waals surface area contributed by atoms with Gasteiger partial charge in [-0.15, -0.1) is 0 Å². The van der Waals surface area contributed by atoms with Crippen LogP contribution in [0.1, 0.15) is 12.8 Å². The first-order valence-corrected chi connectivity index (χ1v) is 9.16. The van der Waals surface area contributed by atoms with Gasteiger partial charge in [-0.25, -0.2) is 8.42 Å². The molecule has 2 N–H and O–H groups in total. The molecule has 1 unspecified atom stereocenters. The second-order valence-electron chi connectivity index (χ2n) is 4.61. The van der Waals surface area contributed by atoms with E-state index in [0.717, 1.165) is 0 Å². The van der Waals surface area contributed by atoms with Crippen molar-refractivity contribution in [2.45, 2.75) is 23.8 Å². The first-order chi connectivity index (χ1) is 9.78. The molecule has 0 radical (unpaired) electrons. The number of benzene rings is 1. The summed E-state index contributed by atoms with van der Waals surface area (Å²) >= 11 is 6.45. The van der Waals surface area contributed by atoms with Crippen molar-refractivity contribution in [3.05, 3.63) is 21.1 Å². The van der Waals surface area contributed by atoms with E-state index in [9.17, 15) is 13.2 Å². The topological polar surface area (TPSA) is 89.7 Å². The van der Waals surface area contributed by atoms with Crippen molar-refractivity contribution in [3.63, 3.8) is 0 Å². The average Bonchev–Trinajstić information content (AvgIpc) is 2.86. The van der Waals surface area contributed by atoms with Gasteiger partial charge in [0.2, 0.25) is 10.0 Å². The Hall–Kier alpha value is -0.640. The minimum absolute atomic E-state index is 0.0625. The van der Waals surface area contributed by atoms with Crippen molar-refractivity contribution < 1.29 is 17.9 Å². The SMILES string of the molecule is COC(=O)C1CCCN1S(=O)(=O)c1c(Br)cc(N)cc1Br. The van der Waals surface area contributed by atoms with Gasteiger partial charge in [0.15, 0.2) is 0 Å². The zero-order valence-electron chi connectivity index (χ0n) is 11.2. The van der Waals surface area contributed by atoms with Crippen LogP contribution in [0.5, 0.6) is 0 Å². The molecule has 1 aromatic rings. The molecule has 0 amide bonds. The monoisotopic (exact) mass is 440 g/mol. The molecule has 0 bridgehead atoms. The van der Waals surface area contributed by atoms with Crippen LogP contribution in [0.3, 0.4) is 0 Å². The maximum atomic E-state index is 12.8. The molecule has 0 aliphatic carbocycles. The number of nitrogens with two attached hydrogens (primary N) is 1. The van der Waals surface area contributed by atoms with Crippen molar-refractivity contribution in [2.75, 3.05) is 19.4 Å². The van der Waals surface area contributed by atoms with Gasteiger partial charge in [0.1, 0.15) is 10.9 Å². The summed E-state index contributed by atoms with van der Waals surface area (Å²) in [5.41, 5.74) is 6.11. The molecule has 2 rings (SSSR count). The Labute approximate surface area is 139 Å². The summed E-state index contributed by atoms with van der Waals surface area (Å²) in [5, 5.41) is 0. The number of hydrogen-bond donors (Lipinski definition) is 1. The van der Waals surface area contributed by atoms with Gasteiger partial charge in [-0.05, 0) is 56.8 Å². The standard InChI is InChI=1S/C12H14Br2N2O4S/c1-20-12(17)10-3-2-4-16(10)21(18,19)11-8(13)5-7(15)6-9(11)14/h5-6,10H,2-4,15H2,1H3. The Morgan fingerprint density at radius 3 is 2.48 bits per heavy atom. The molecule has 0 aromatic heterocycles. The number of carbonyl (C=O) groups is 1. The lowest BCUT2D eigenvalue weighted by atomic mass is 10.2. The average molecular weight is 442 g/mol. The van der Waals surface area contributed by atoms with Crippen LogP contribution in [0.15, 0.2) is 26.0 Å². The van der Waals surface area contributed by atoms with E-state index in [4.69, 9.17) is 5.73 Å². The zero-order chi connectivity index (χ0) is 15.8. The maximum absolute atomic E-state index is 12.8. The number of ether oxygens (including phenoxy) is 1. The molecule has 116 valence electrons. The molecule has 1 heterocycles. The lowest BCUT2D eigenvalue weighted by molar-refractivity contribution is -0.144. The summed E-state index contributed by atoms with van der Waals surface area (Å²) in [5.74, 6) is -0.543. The summed E-state index contributed by atoms with van der Waals surface area (Å²) < 4.78 is 32.2. The van der Waals surface area contributed by atoms with Crippen LogP contribution in [0.2, 0.25) is 0 Å². The molecule has 6 nitrogen and oxygen atoms in total. The molecule has 0 spiro atoms. The Kier molecular flexibility index (Phi) is 4.96. The zero-order valence-corrected chi connectivity index (χ0v) is 15.2. The first-order valence-electron chi connectivity index (χ1n) is 6.13. The van der Waals surface area contributed by atoms with Crippen LogP contribution in [0, 0.1) is 0 Å². The highest BCUT2D eigenvalue weighted by Crippen LogP contribution is 2.37. The summed E-state index contributed by atoms with van der Waals surface area (Å²) in [6.45, 7) is 0.283. The van der Waals surface area contributed by atoms with E-state index in [1.54, 1.807) is 0 Å². The minimum atomic E-state index is -3.84. The van der Waals surface area contributed by atoms with Crippen molar-refractivity contribution in [3.8, 4) is 0 Å². The molecule has 1 fully saturated rings. The fourth-order valence-corrected chi connectivity index (χ4v) is 6.53. The Morgan fingerprint density at radius 1 is 1.38 bits per heavy atom. The van der Waals surface area contributed by atoms with E-state index in [-0.39, 0.29) is 11.4 Å². The fraction of sp³-hybridized carbons (Fsp3) is 0.417. The predicted molar refractivity (Wildman–Crippen MR) is 85.2 cm³/mol. The lowest BCUT2D eigenvalue weighted by Crippen LogP contribution is -2.41. The van der Waals surface area contributed by atoms with Gasteiger partial charge >= 0.3 is 5.97 Å². The van der Waals surface area contributed by atoms with E-state index in [1.807, 2.05) is 0 Å². The summed E-state index contributed by atoms with van der Waals surface area (Å²) in [6.07, 6.45) is 1.07. The number of nitrogens with zero attached hydrogens (tertiary/aromatic N) is 1. The second kappa shape index (κ2) is 6.23. The van der Waals surface area contributed by atoms with E-state index in [2.05, 4.69) is 36.6 Å². The highest BCUT2D eigenvalue weighted by molar-refractivity contribution is 9.11. The summed E-state index contributed by atoms with van der Waals surface area (Å²) in [4.78, 5) is 11.8. The number of carbonyl (C=O) groups excluding carboxylic acids is 1. The third-order valence-corrected chi connectivity index (χ3v) is 7.05. The Bertz CT molecular complexity index is 655. The van der Waals surface area contributed by atoms with Gasteiger partial charge in [-0.2, -0.15) is 4.31 Å². The molecule has 1 aliphatic heterocycles. The number of anilines is 1. The molecular weight excluding hydrogens is 428 g/mol. The van der Waals surface area contributed by atoms with Crippen LogP contribution < -0.4 is 5.73 Å². The van der Waals surface area contributed by atoms with Gasteiger partial charge < -0.3 is 10.5 Å². The normalized spacial score (nSPS) is 19.7. The Morgan fingerprint density at radius 2 is 1.95 bits per heavy atom. The molecule has 21 heavy (non-hydrogen) atoms. The van der Waals surface area contributed by atoms with Crippen LogP contribution in [0.25, 0.3) is 0 Å². The van der Waals surface area contributed by atoms with Crippen molar-refractivity contribution >= 4 is 53.5 Å². The van der Waals surface area contributed by atoms with Gasteiger partial charge in [0.05, 0.1) is 7.11 Å². The van der Waals surface area contributed by atoms with Crippen LogP contribution >= 0.6 is 31.9 Å². The number of methoxy groups -OCH3 is 1. The molecule has 1 atom stereocenters. The second-order valence-corrected chi connectivity index (χ2v) is 8.15.